The molecule has 3 rings (SSSR count). The molecule has 1 atom stereocenters. The van der Waals surface area contributed by atoms with E-state index in [0.29, 0.717) is 29.2 Å². The molecule has 1 aromatic heterocycles. The molecule has 1 amide bonds. The number of ether oxygens (including phenoxy) is 1. The summed E-state index contributed by atoms with van der Waals surface area (Å²) in [6, 6.07) is 2.61. The van der Waals surface area contributed by atoms with Crippen LogP contribution in [0, 0.1) is 0 Å². The Morgan fingerprint density at radius 3 is 2.56 bits per heavy atom. The molecule has 176 valence electrons. The number of fused-ring (bicyclic) bond motifs is 3. The Bertz CT molecular complexity index is 1140. The molecule has 0 bridgehead atoms. The van der Waals surface area contributed by atoms with Crippen LogP contribution >= 0.6 is 11.6 Å². The molecule has 10 heteroatoms. The number of nitrogens with zero attached hydrogens (tertiary/aromatic N) is 1. The average molecular weight is 486 g/mol. The third kappa shape index (κ3) is 5.88. The van der Waals surface area contributed by atoms with Crippen molar-refractivity contribution in [2.24, 2.45) is 0 Å². The molecule has 2 aromatic rings. The molecular weight excluding hydrogens is 457 g/mol. The van der Waals surface area contributed by atoms with E-state index in [-0.39, 0.29) is 16.6 Å². The zero-order chi connectivity index (χ0) is 23.9. The molecule has 1 unspecified atom stereocenters. The summed E-state index contributed by atoms with van der Waals surface area (Å²) in [5.41, 5.74) is -0.805. The maximum atomic E-state index is 14.0. The second-order valence-corrected chi connectivity index (χ2v) is 11.8. The van der Waals surface area contributed by atoms with E-state index in [1.807, 2.05) is 0 Å². The van der Waals surface area contributed by atoms with Gasteiger partial charge in [0.15, 0.2) is 0 Å². The fourth-order valence-corrected chi connectivity index (χ4v) is 5.32. The van der Waals surface area contributed by atoms with Crippen LogP contribution in [0.5, 0.6) is 0 Å². The van der Waals surface area contributed by atoms with Gasteiger partial charge in [0.25, 0.3) is 0 Å². The van der Waals surface area contributed by atoms with Gasteiger partial charge >= 0.3 is 6.09 Å². The first kappa shape index (κ1) is 24.7. The lowest BCUT2D eigenvalue weighted by atomic mass is 9.85. The number of hydrogen-bond donors (Lipinski definition) is 2. The quantitative estimate of drug-likeness (QED) is 0.592. The van der Waals surface area contributed by atoms with Crippen LogP contribution < -0.4 is 10.0 Å². The van der Waals surface area contributed by atoms with E-state index in [0.717, 1.165) is 12.0 Å². The van der Waals surface area contributed by atoms with E-state index in [1.54, 1.807) is 33.0 Å². The number of aryl methyl sites for hydroxylation is 1. The van der Waals surface area contributed by atoms with Crippen LogP contribution in [0.15, 0.2) is 23.2 Å². The van der Waals surface area contributed by atoms with Gasteiger partial charge in [0.05, 0.1) is 10.9 Å². The molecule has 0 spiro atoms. The highest BCUT2D eigenvalue weighted by Gasteiger charge is 2.30. The summed E-state index contributed by atoms with van der Waals surface area (Å²) in [6.45, 7) is 7.52. The number of nitrogens with one attached hydrogen (secondary N) is 2. The summed E-state index contributed by atoms with van der Waals surface area (Å²) >= 11 is 6.07. The zero-order valence-electron chi connectivity index (χ0n) is 18.9. The lowest BCUT2D eigenvalue weighted by molar-refractivity contribution is 0.0498. The normalized spacial score (nSPS) is 17.2. The molecular formula is C22H29ClFN3O4S. The smallest absolute Gasteiger partial charge is 0.408 e. The highest BCUT2D eigenvalue weighted by molar-refractivity contribution is 7.89. The first-order valence-corrected chi connectivity index (χ1v) is 12.3. The summed E-state index contributed by atoms with van der Waals surface area (Å²) in [5, 5.41) is 4.06. The average Bonchev–Trinajstić information content (AvgIpc) is 2.63. The second kappa shape index (κ2) is 8.76. The summed E-state index contributed by atoms with van der Waals surface area (Å²) in [6.07, 6.45) is 3.10. The first-order valence-electron chi connectivity index (χ1n) is 10.5. The summed E-state index contributed by atoms with van der Waals surface area (Å²) in [7, 11) is -4.07. The minimum absolute atomic E-state index is 0.0299. The number of alkyl halides is 1. The van der Waals surface area contributed by atoms with Crippen LogP contribution in [-0.4, -0.2) is 37.3 Å². The molecule has 0 radical (unpaired) electrons. The summed E-state index contributed by atoms with van der Waals surface area (Å²) in [5.74, 6) is 0. The van der Waals surface area contributed by atoms with Gasteiger partial charge in [-0.1, -0.05) is 11.6 Å². The zero-order valence-corrected chi connectivity index (χ0v) is 20.5. The molecule has 1 heterocycles. The van der Waals surface area contributed by atoms with Crippen LogP contribution in [-0.2, 0) is 21.2 Å². The maximum absolute atomic E-state index is 14.0. The number of alkyl carbamates (subject to hydrolysis) is 1. The van der Waals surface area contributed by atoms with E-state index in [4.69, 9.17) is 16.3 Å². The van der Waals surface area contributed by atoms with Crippen molar-refractivity contribution in [1.82, 2.24) is 15.0 Å². The second-order valence-electron chi connectivity index (χ2n) is 9.63. The van der Waals surface area contributed by atoms with Crippen LogP contribution in [0.3, 0.4) is 0 Å². The van der Waals surface area contributed by atoms with Crippen LogP contribution in [0.25, 0.3) is 10.8 Å². The van der Waals surface area contributed by atoms with E-state index >= 15 is 0 Å². The highest BCUT2D eigenvalue weighted by Crippen LogP contribution is 2.38. The molecule has 32 heavy (non-hydrogen) atoms. The van der Waals surface area contributed by atoms with Gasteiger partial charge in [-0.2, -0.15) is 0 Å². The summed E-state index contributed by atoms with van der Waals surface area (Å²) in [4.78, 5) is 16.5. The largest absolute Gasteiger partial charge is 0.444 e. The predicted molar refractivity (Wildman–Crippen MR) is 122 cm³/mol. The molecule has 0 saturated carbocycles. The molecule has 0 fully saturated rings. The van der Waals surface area contributed by atoms with E-state index in [1.165, 1.54) is 19.9 Å². The van der Waals surface area contributed by atoms with Gasteiger partial charge in [0, 0.05) is 23.5 Å². The van der Waals surface area contributed by atoms with Crippen LogP contribution in [0.1, 0.15) is 64.6 Å². The third-order valence-corrected chi connectivity index (χ3v) is 6.70. The monoisotopic (exact) mass is 485 g/mol. The fourth-order valence-electron chi connectivity index (χ4n) is 3.73. The van der Waals surface area contributed by atoms with E-state index in [2.05, 4.69) is 15.0 Å². The minimum atomic E-state index is -4.07. The van der Waals surface area contributed by atoms with Crippen molar-refractivity contribution in [2.45, 2.75) is 76.1 Å². The predicted octanol–water partition coefficient (Wildman–Crippen LogP) is 4.82. The molecule has 1 aliphatic rings. The molecule has 1 aromatic carbocycles. The molecule has 0 aliphatic heterocycles. The van der Waals surface area contributed by atoms with Gasteiger partial charge in [-0.3, -0.25) is 0 Å². The van der Waals surface area contributed by atoms with Gasteiger partial charge in [-0.05, 0) is 77.1 Å². The standard InChI is InChI=1S/C22H29ClFN3O4S/c1-21(2,3)31-20(28)27-17-8-6-7-13-14(17)9-18(15-10-19(23)25-11-16(13)15)32(29,30)26-12-22(4,5)24/h9-11,17,26H,6-8,12H2,1-5H3,(H,27,28). The number of benzene rings is 1. The molecule has 7 nitrogen and oxygen atoms in total. The third-order valence-electron chi connectivity index (χ3n) is 5.05. The number of amides is 1. The number of carbonyl (C=O) groups is 1. The topological polar surface area (TPSA) is 97.4 Å². The lowest BCUT2D eigenvalue weighted by Crippen LogP contribution is -2.37. The minimum Gasteiger partial charge on any atom is -0.444 e. The molecule has 1 aliphatic carbocycles. The highest BCUT2D eigenvalue weighted by atomic mass is 35.5. The Labute approximate surface area is 193 Å². The number of sulfonamides is 1. The fraction of sp³-hybridized carbons (Fsp3) is 0.545. The van der Waals surface area contributed by atoms with Crippen molar-refractivity contribution in [3.8, 4) is 0 Å². The number of aromatic nitrogens is 1. The van der Waals surface area contributed by atoms with Gasteiger partial charge in [0.1, 0.15) is 16.4 Å². The van der Waals surface area contributed by atoms with Crippen molar-refractivity contribution in [3.63, 3.8) is 0 Å². The van der Waals surface area contributed by atoms with Gasteiger partial charge in [-0.15, -0.1) is 0 Å². The Morgan fingerprint density at radius 1 is 1.25 bits per heavy atom. The number of pyridine rings is 1. The maximum Gasteiger partial charge on any atom is 0.408 e. The number of carbonyl (C=O) groups excluding carboxylic acids is 1. The van der Waals surface area contributed by atoms with Gasteiger partial charge < -0.3 is 10.1 Å². The Kier molecular flexibility index (Phi) is 6.75. The number of halogens is 2. The van der Waals surface area contributed by atoms with Gasteiger partial charge in [-0.25, -0.2) is 27.3 Å². The molecule has 2 N–H and O–H groups in total. The Morgan fingerprint density at radius 2 is 1.94 bits per heavy atom. The Balaban J connectivity index is 2.11. The van der Waals surface area contributed by atoms with Crippen LogP contribution in [0.2, 0.25) is 5.15 Å². The summed E-state index contributed by atoms with van der Waals surface area (Å²) < 4.78 is 48.0. The Hall–Kier alpha value is -1.97. The van der Waals surface area contributed by atoms with Crippen molar-refractivity contribution in [2.75, 3.05) is 6.54 Å². The van der Waals surface area contributed by atoms with Crippen molar-refractivity contribution >= 4 is 38.5 Å². The van der Waals surface area contributed by atoms with Crippen molar-refractivity contribution < 1.29 is 22.3 Å². The van der Waals surface area contributed by atoms with Crippen molar-refractivity contribution in [3.05, 3.63) is 34.6 Å². The SMILES string of the molecule is CC(C)(F)CNS(=O)(=O)c1cc2c(c3cnc(Cl)cc13)CCCC2NC(=O)OC(C)(C)C. The van der Waals surface area contributed by atoms with Crippen LogP contribution in [0.4, 0.5) is 9.18 Å². The van der Waals surface area contributed by atoms with Crippen molar-refractivity contribution in [1.29, 1.82) is 0 Å². The lowest BCUT2D eigenvalue weighted by Gasteiger charge is -2.30. The first-order chi connectivity index (χ1) is 14.7. The molecule has 0 saturated heterocycles. The number of rotatable bonds is 5. The van der Waals surface area contributed by atoms with E-state index < -0.39 is 33.4 Å². The van der Waals surface area contributed by atoms with E-state index in [9.17, 15) is 17.6 Å². The van der Waals surface area contributed by atoms with Gasteiger partial charge in [0.2, 0.25) is 10.0 Å². The number of hydrogen-bond acceptors (Lipinski definition) is 5.